The maximum atomic E-state index is 13.3. The standard InChI is InChI=1S/C34H63ClN2O6S/c1-6-8-9-10-11-12-13-14-15-16-17-18-19-21-27(38)42-32-30(40)29(39)31(43-34(32)44-5)28(24(3)35)36-33(41)26-22-25(20-7-2)23-37(26)4/h24-26,28-32,34,39-40H,6-23H2,1-5H3,(H,36,41)/t24-,25-,26-,28+,29+,30+,31+,32-,34-/m0/s1. The monoisotopic (exact) mass is 662 g/mol. The van der Waals surface area contributed by atoms with Gasteiger partial charge in [0.1, 0.15) is 23.7 Å². The van der Waals surface area contributed by atoms with Crippen molar-refractivity contribution in [1.29, 1.82) is 0 Å². The number of halogens is 1. The Morgan fingerprint density at radius 3 is 2.05 bits per heavy atom. The zero-order chi connectivity index (χ0) is 32.5. The lowest BCUT2D eigenvalue weighted by Crippen LogP contribution is -2.65. The van der Waals surface area contributed by atoms with Crippen molar-refractivity contribution in [3.8, 4) is 0 Å². The Morgan fingerprint density at radius 2 is 1.52 bits per heavy atom. The van der Waals surface area contributed by atoms with Gasteiger partial charge < -0.3 is 25.0 Å². The SMILES string of the molecule is CCCCCCCCCCCCCCCC(=O)O[C@H]1[C@H](O)[C@@H](O)[C@@H]([C@H](NC(=O)[C@@H]2C[C@H](CCC)CN2C)[C@H](C)Cl)O[C@H]1SC. The summed E-state index contributed by atoms with van der Waals surface area (Å²) in [6.07, 6.45) is 16.3. The lowest BCUT2D eigenvalue weighted by molar-refractivity contribution is -0.218. The van der Waals surface area contributed by atoms with Gasteiger partial charge in [-0.25, -0.2) is 0 Å². The molecule has 2 fully saturated rings. The molecule has 0 aromatic rings. The summed E-state index contributed by atoms with van der Waals surface area (Å²) in [6, 6.07) is -1.00. The lowest BCUT2D eigenvalue weighted by atomic mass is 9.92. The summed E-state index contributed by atoms with van der Waals surface area (Å²) < 4.78 is 11.9. The second kappa shape index (κ2) is 22.1. The second-order valence-corrected chi connectivity index (χ2v) is 14.8. The number of likely N-dealkylation sites (tertiary alicyclic amines) is 1. The minimum absolute atomic E-state index is 0.152. The molecule has 0 aromatic heterocycles. The first-order chi connectivity index (χ1) is 21.1. The highest BCUT2D eigenvalue weighted by Gasteiger charge is 2.50. The van der Waals surface area contributed by atoms with Gasteiger partial charge >= 0.3 is 5.97 Å². The average Bonchev–Trinajstić information content (AvgIpc) is 3.36. The molecule has 0 spiro atoms. The lowest BCUT2D eigenvalue weighted by Gasteiger charge is -2.45. The van der Waals surface area contributed by atoms with Crippen molar-refractivity contribution in [3.05, 3.63) is 0 Å². The van der Waals surface area contributed by atoms with Gasteiger partial charge in [-0.1, -0.05) is 97.3 Å². The van der Waals surface area contributed by atoms with E-state index in [0.717, 1.165) is 45.1 Å². The first-order valence-electron chi connectivity index (χ1n) is 17.5. The molecule has 8 nitrogen and oxygen atoms in total. The number of aliphatic hydroxyl groups is 2. The third-order valence-electron chi connectivity index (χ3n) is 9.36. The summed E-state index contributed by atoms with van der Waals surface area (Å²) in [5, 5.41) is 24.6. The van der Waals surface area contributed by atoms with Gasteiger partial charge in [-0.3, -0.25) is 14.5 Å². The van der Waals surface area contributed by atoms with E-state index in [4.69, 9.17) is 21.1 Å². The largest absolute Gasteiger partial charge is 0.456 e. The van der Waals surface area contributed by atoms with Crippen LogP contribution in [-0.2, 0) is 19.1 Å². The molecule has 10 heteroatoms. The Bertz CT molecular complexity index is 806. The summed E-state index contributed by atoms with van der Waals surface area (Å²) in [5.74, 6) is -0.0742. The molecular formula is C34H63ClN2O6S. The molecular weight excluding hydrogens is 600 g/mol. The van der Waals surface area contributed by atoms with E-state index in [-0.39, 0.29) is 18.4 Å². The van der Waals surface area contributed by atoms with E-state index in [1.54, 1.807) is 13.2 Å². The number of hydrogen-bond donors (Lipinski definition) is 3. The molecule has 0 aromatic carbocycles. The number of ether oxygens (including phenoxy) is 2. The van der Waals surface area contributed by atoms with Gasteiger partial charge in [-0.05, 0) is 45.4 Å². The first kappa shape index (κ1) is 39.6. The van der Waals surface area contributed by atoms with E-state index in [1.807, 2.05) is 7.05 Å². The molecule has 2 rings (SSSR count). The molecule has 0 unspecified atom stereocenters. The van der Waals surface area contributed by atoms with Crippen LogP contribution in [-0.4, -0.2) is 94.2 Å². The third-order valence-corrected chi connectivity index (χ3v) is 10.5. The van der Waals surface area contributed by atoms with E-state index in [1.165, 1.54) is 76.0 Å². The normalized spacial score (nSPS) is 29.0. The number of amides is 1. The molecule has 0 radical (unpaired) electrons. The summed E-state index contributed by atoms with van der Waals surface area (Å²) in [4.78, 5) is 28.0. The number of thioether (sulfide) groups is 1. The Labute approximate surface area is 277 Å². The van der Waals surface area contributed by atoms with Crippen LogP contribution in [0.5, 0.6) is 0 Å². The Kier molecular flexibility index (Phi) is 19.9. The molecule has 2 saturated heterocycles. The Morgan fingerprint density at radius 1 is 0.955 bits per heavy atom. The smallest absolute Gasteiger partial charge is 0.306 e. The Hall–Kier alpha value is -0.580. The fourth-order valence-corrected chi connectivity index (χ4v) is 7.65. The molecule has 44 heavy (non-hydrogen) atoms. The van der Waals surface area contributed by atoms with Crippen LogP contribution < -0.4 is 5.32 Å². The summed E-state index contributed by atoms with van der Waals surface area (Å²) >= 11 is 7.82. The fraction of sp³-hybridized carbons (Fsp3) is 0.941. The third kappa shape index (κ3) is 13.3. The van der Waals surface area contributed by atoms with Gasteiger partial charge in [0.05, 0.1) is 17.5 Å². The summed E-state index contributed by atoms with van der Waals surface area (Å²) in [7, 11) is 1.95. The van der Waals surface area contributed by atoms with Gasteiger partial charge in [0.2, 0.25) is 5.91 Å². The van der Waals surface area contributed by atoms with E-state index in [2.05, 4.69) is 24.1 Å². The second-order valence-electron chi connectivity index (χ2n) is 13.2. The zero-order valence-electron chi connectivity index (χ0n) is 28.2. The molecule has 0 bridgehead atoms. The van der Waals surface area contributed by atoms with Gasteiger partial charge in [-0.2, -0.15) is 0 Å². The number of rotatable bonds is 22. The van der Waals surface area contributed by atoms with Crippen LogP contribution in [0, 0.1) is 5.92 Å². The molecule has 258 valence electrons. The number of carbonyl (C=O) groups excluding carboxylic acids is 2. The maximum absolute atomic E-state index is 13.3. The predicted octanol–water partition coefficient (Wildman–Crippen LogP) is 6.42. The van der Waals surface area contributed by atoms with Crippen LogP contribution in [0.2, 0.25) is 0 Å². The number of hydrogen-bond acceptors (Lipinski definition) is 8. The summed E-state index contributed by atoms with van der Waals surface area (Å²) in [6.45, 7) is 7.01. The minimum Gasteiger partial charge on any atom is -0.456 e. The van der Waals surface area contributed by atoms with E-state index >= 15 is 0 Å². The topological polar surface area (TPSA) is 108 Å². The van der Waals surface area contributed by atoms with E-state index in [0.29, 0.717) is 5.92 Å². The molecule has 0 saturated carbocycles. The minimum atomic E-state index is -1.38. The van der Waals surface area contributed by atoms with Gasteiger partial charge in [0, 0.05) is 13.0 Å². The molecule has 2 heterocycles. The number of esters is 1. The highest BCUT2D eigenvalue weighted by molar-refractivity contribution is 7.99. The number of unbranched alkanes of at least 4 members (excludes halogenated alkanes) is 12. The Balaban J connectivity index is 1.76. The maximum Gasteiger partial charge on any atom is 0.306 e. The van der Waals surface area contributed by atoms with Crippen molar-refractivity contribution < 1.29 is 29.3 Å². The van der Waals surface area contributed by atoms with Crippen molar-refractivity contribution in [3.63, 3.8) is 0 Å². The number of carbonyl (C=O) groups is 2. The van der Waals surface area contributed by atoms with E-state index in [9.17, 15) is 19.8 Å². The van der Waals surface area contributed by atoms with E-state index < -0.39 is 47.2 Å². The van der Waals surface area contributed by atoms with Crippen molar-refractivity contribution >= 4 is 35.2 Å². The quantitative estimate of drug-likeness (QED) is 0.0693. The highest BCUT2D eigenvalue weighted by Crippen LogP contribution is 2.33. The highest BCUT2D eigenvalue weighted by atomic mass is 35.5. The molecule has 9 atom stereocenters. The number of alkyl halides is 1. The number of aliphatic hydroxyl groups excluding tert-OH is 2. The number of nitrogens with one attached hydrogen (secondary N) is 1. The van der Waals surface area contributed by atoms with Crippen LogP contribution in [0.1, 0.15) is 130 Å². The van der Waals surface area contributed by atoms with Crippen molar-refractivity contribution in [2.75, 3.05) is 19.8 Å². The van der Waals surface area contributed by atoms with Gasteiger partial charge in [0.25, 0.3) is 0 Å². The average molecular weight is 663 g/mol. The van der Waals surface area contributed by atoms with Gasteiger partial charge in [0.15, 0.2) is 6.10 Å². The first-order valence-corrected chi connectivity index (χ1v) is 19.2. The molecule has 2 aliphatic heterocycles. The van der Waals surface area contributed by atoms with Crippen LogP contribution in [0.4, 0.5) is 0 Å². The number of nitrogens with zero attached hydrogens (tertiary/aromatic N) is 1. The van der Waals surface area contributed by atoms with Crippen LogP contribution in [0.15, 0.2) is 0 Å². The molecule has 2 aliphatic rings. The summed E-state index contributed by atoms with van der Waals surface area (Å²) in [5.41, 5.74) is -0.702. The van der Waals surface area contributed by atoms with Crippen molar-refractivity contribution in [1.82, 2.24) is 10.2 Å². The molecule has 0 aliphatic carbocycles. The molecule has 1 amide bonds. The zero-order valence-corrected chi connectivity index (χ0v) is 29.8. The van der Waals surface area contributed by atoms with Gasteiger partial charge in [-0.15, -0.1) is 23.4 Å². The van der Waals surface area contributed by atoms with Crippen molar-refractivity contribution in [2.24, 2.45) is 5.92 Å². The predicted molar refractivity (Wildman–Crippen MR) is 181 cm³/mol. The fourth-order valence-electron chi connectivity index (χ4n) is 6.72. The van der Waals surface area contributed by atoms with Crippen molar-refractivity contribution in [2.45, 2.75) is 177 Å². The van der Waals surface area contributed by atoms with Crippen LogP contribution in [0.3, 0.4) is 0 Å². The number of likely N-dealkylation sites (N-methyl/N-ethyl adjacent to an activating group) is 1. The van der Waals surface area contributed by atoms with Crippen LogP contribution >= 0.6 is 23.4 Å². The van der Waals surface area contributed by atoms with Crippen LogP contribution in [0.25, 0.3) is 0 Å². The molecule has 3 N–H and O–H groups in total.